The Balaban J connectivity index is 1.71. The van der Waals surface area contributed by atoms with Crippen LogP contribution in [0.4, 0.5) is 11.4 Å². The van der Waals surface area contributed by atoms with Crippen molar-refractivity contribution in [2.75, 3.05) is 11.9 Å². The van der Waals surface area contributed by atoms with Crippen LogP contribution in [0.3, 0.4) is 0 Å². The SMILES string of the molecule is O=C(O)c1ccc(NCC(C2CC2)C2CC2)cc1[N+](=O)[O-]. The quantitative estimate of drug-likeness (QED) is 0.594. The average molecular weight is 290 g/mol. The maximum absolute atomic E-state index is 11.0. The number of aromatic carboxylic acids is 1. The molecule has 0 bridgehead atoms. The Morgan fingerprint density at radius 1 is 1.33 bits per heavy atom. The number of nitro groups is 1. The standard InChI is InChI=1S/C15H18N2O4/c18-15(19)12-6-5-11(7-14(12)17(20)21)16-8-13(9-1-2-9)10-3-4-10/h5-7,9-10,13,16H,1-4,8H2,(H,18,19). The lowest BCUT2D eigenvalue weighted by Gasteiger charge is -2.17. The van der Waals surface area contributed by atoms with Crippen molar-refractivity contribution in [1.29, 1.82) is 0 Å². The predicted molar refractivity (Wildman–Crippen MR) is 77.5 cm³/mol. The van der Waals surface area contributed by atoms with E-state index in [0.29, 0.717) is 11.6 Å². The van der Waals surface area contributed by atoms with E-state index in [1.807, 2.05) is 0 Å². The van der Waals surface area contributed by atoms with E-state index in [4.69, 9.17) is 5.11 Å². The van der Waals surface area contributed by atoms with Gasteiger partial charge in [0.25, 0.3) is 5.69 Å². The largest absolute Gasteiger partial charge is 0.477 e. The van der Waals surface area contributed by atoms with Crippen LogP contribution in [0.2, 0.25) is 0 Å². The normalized spacial score (nSPS) is 17.8. The number of carboxylic acid groups (broad SMARTS) is 1. The molecule has 0 radical (unpaired) electrons. The molecule has 112 valence electrons. The van der Waals surface area contributed by atoms with Crippen LogP contribution in [0.15, 0.2) is 18.2 Å². The van der Waals surface area contributed by atoms with Crippen LogP contribution in [0, 0.1) is 27.9 Å². The fourth-order valence-electron chi connectivity index (χ4n) is 2.98. The molecule has 0 saturated heterocycles. The van der Waals surface area contributed by atoms with Gasteiger partial charge in [-0.25, -0.2) is 4.79 Å². The zero-order valence-electron chi connectivity index (χ0n) is 11.6. The summed E-state index contributed by atoms with van der Waals surface area (Å²) in [5.41, 5.74) is -0.00798. The number of rotatable bonds is 7. The molecule has 2 aliphatic rings. The van der Waals surface area contributed by atoms with Crippen LogP contribution in [0.25, 0.3) is 0 Å². The summed E-state index contributed by atoms with van der Waals surface area (Å²) < 4.78 is 0. The van der Waals surface area contributed by atoms with Crippen molar-refractivity contribution in [2.45, 2.75) is 25.7 Å². The summed E-state index contributed by atoms with van der Waals surface area (Å²) in [5.74, 6) is 0.988. The van der Waals surface area contributed by atoms with Crippen molar-refractivity contribution >= 4 is 17.3 Å². The van der Waals surface area contributed by atoms with Crippen LogP contribution in [0.1, 0.15) is 36.0 Å². The minimum Gasteiger partial charge on any atom is -0.477 e. The number of benzene rings is 1. The van der Waals surface area contributed by atoms with Gasteiger partial charge in [-0.1, -0.05) is 0 Å². The van der Waals surface area contributed by atoms with Crippen molar-refractivity contribution < 1.29 is 14.8 Å². The van der Waals surface area contributed by atoms with Crippen LogP contribution in [-0.4, -0.2) is 22.5 Å². The number of anilines is 1. The molecule has 0 heterocycles. The molecule has 0 aliphatic heterocycles. The summed E-state index contributed by atoms with van der Waals surface area (Å²) in [4.78, 5) is 21.3. The molecule has 2 aliphatic carbocycles. The lowest BCUT2D eigenvalue weighted by Crippen LogP contribution is -2.18. The van der Waals surface area contributed by atoms with Crippen LogP contribution < -0.4 is 5.32 Å². The molecule has 0 amide bonds. The molecule has 21 heavy (non-hydrogen) atoms. The lowest BCUT2D eigenvalue weighted by molar-refractivity contribution is -0.385. The second-order valence-corrected chi connectivity index (χ2v) is 6.01. The van der Waals surface area contributed by atoms with Gasteiger partial charge in [-0.3, -0.25) is 10.1 Å². The number of nitrogens with one attached hydrogen (secondary N) is 1. The third-order valence-electron chi connectivity index (χ3n) is 4.42. The highest BCUT2D eigenvalue weighted by Gasteiger charge is 2.41. The maximum Gasteiger partial charge on any atom is 0.342 e. The molecule has 0 aromatic heterocycles. The maximum atomic E-state index is 11.0. The monoisotopic (exact) mass is 290 g/mol. The van der Waals surface area contributed by atoms with E-state index in [-0.39, 0.29) is 11.3 Å². The van der Waals surface area contributed by atoms with Crippen molar-refractivity contribution in [3.8, 4) is 0 Å². The van der Waals surface area contributed by atoms with E-state index in [1.54, 1.807) is 6.07 Å². The molecule has 6 heteroatoms. The van der Waals surface area contributed by atoms with E-state index in [1.165, 1.54) is 37.8 Å². The first kappa shape index (κ1) is 13.9. The molecule has 1 aromatic rings. The molecule has 1 aromatic carbocycles. The second kappa shape index (κ2) is 5.35. The molecule has 3 rings (SSSR count). The molecule has 6 nitrogen and oxygen atoms in total. The fraction of sp³-hybridized carbons (Fsp3) is 0.533. The van der Waals surface area contributed by atoms with Crippen LogP contribution in [-0.2, 0) is 0 Å². The predicted octanol–water partition coefficient (Wildman–Crippen LogP) is 3.14. The van der Waals surface area contributed by atoms with Gasteiger partial charge in [0.05, 0.1) is 4.92 Å². The molecule has 2 saturated carbocycles. The molecular formula is C15H18N2O4. The summed E-state index contributed by atoms with van der Waals surface area (Å²) in [5, 5.41) is 23.2. The van der Waals surface area contributed by atoms with Gasteiger partial charge < -0.3 is 10.4 Å². The first-order valence-corrected chi connectivity index (χ1v) is 7.32. The van der Waals surface area contributed by atoms with Crippen molar-refractivity contribution in [3.05, 3.63) is 33.9 Å². The Morgan fingerprint density at radius 2 is 1.95 bits per heavy atom. The third-order valence-corrected chi connectivity index (χ3v) is 4.42. The molecule has 0 atom stereocenters. The van der Waals surface area contributed by atoms with Crippen LogP contribution in [0.5, 0.6) is 0 Å². The smallest absolute Gasteiger partial charge is 0.342 e. The summed E-state index contributed by atoms with van der Waals surface area (Å²) in [6.07, 6.45) is 5.17. The molecule has 2 N–H and O–H groups in total. The van der Waals surface area contributed by atoms with Crippen molar-refractivity contribution in [3.63, 3.8) is 0 Å². The van der Waals surface area contributed by atoms with E-state index in [9.17, 15) is 14.9 Å². The minimum atomic E-state index is -1.28. The van der Waals surface area contributed by atoms with E-state index >= 15 is 0 Å². The highest BCUT2D eigenvalue weighted by molar-refractivity contribution is 5.93. The molecule has 0 spiro atoms. The van der Waals surface area contributed by atoms with E-state index < -0.39 is 10.9 Å². The molecular weight excluding hydrogens is 272 g/mol. The zero-order valence-corrected chi connectivity index (χ0v) is 11.6. The van der Waals surface area contributed by atoms with Gasteiger partial charge in [-0.15, -0.1) is 0 Å². The Bertz CT molecular complexity index is 567. The lowest BCUT2D eigenvalue weighted by atomic mass is 9.98. The van der Waals surface area contributed by atoms with Gasteiger partial charge in [0.2, 0.25) is 0 Å². The first-order chi connectivity index (χ1) is 10.1. The summed E-state index contributed by atoms with van der Waals surface area (Å²) in [6.45, 7) is 0.818. The van der Waals surface area contributed by atoms with Crippen molar-refractivity contribution in [2.24, 2.45) is 17.8 Å². The summed E-state index contributed by atoms with van der Waals surface area (Å²) in [6, 6.07) is 4.22. The number of nitro benzene ring substituents is 1. The fourth-order valence-corrected chi connectivity index (χ4v) is 2.98. The van der Waals surface area contributed by atoms with E-state index in [0.717, 1.165) is 18.4 Å². The second-order valence-electron chi connectivity index (χ2n) is 6.01. The minimum absolute atomic E-state index is 0.272. The van der Waals surface area contributed by atoms with Gasteiger partial charge in [0.1, 0.15) is 5.56 Å². The van der Waals surface area contributed by atoms with Gasteiger partial charge >= 0.3 is 5.97 Å². The number of carboxylic acids is 1. The van der Waals surface area contributed by atoms with Gasteiger partial charge in [-0.05, 0) is 55.6 Å². The first-order valence-electron chi connectivity index (χ1n) is 7.32. The highest BCUT2D eigenvalue weighted by Crippen LogP contribution is 2.49. The third kappa shape index (κ3) is 3.15. The topological polar surface area (TPSA) is 92.5 Å². The molecule has 2 fully saturated rings. The highest BCUT2D eigenvalue weighted by atomic mass is 16.6. The summed E-state index contributed by atoms with van der Waals surface area (Å²) >= 11 is 0. The zero-order chi connectivity index (χ0) is 15.0. The van der Waals surface area contributed by atoms with Gasteiger partial charge in [0, 0.05) is 18.3 Å². The Labute approximate surface area is 122 Å². The molecule has 0 unspecified atom stereocenters. The Morgan fingerprint density at radius 3 is 2.43 bits per heavy atom. The number of carbonyl (C=O) groups is 1. The average Bonchev–Trinajstić information content (AvgIpc) is 3.32. The number of hydrogen-bond donors (Lipinski definition) is 2. The number of nitrogens with zero attached hydrogens (tertiary/aromatic N) is 1. The van der Waals surface area contributed by atoms with Gasteiger partial charge in [0.15, 0.2) is 0 Å². The summed E-state index contributed by atoms with van der Waals surface area (Å²) in [7, 11) is 0. The number of hydrogen-bond acceptors (Lipinski definition) is 4. The van der Waals surface area contributed by atoms with Gasteiger partial charge in [-0.2, -0.15) is 0 Å². The Kier molecular flexibility index (Phi) is 3.53. The van der Waals surface area contributed by atoms with Crippen molar-refractivity contribution in [1.82, 2.24) is 0 Å². The van der Waals surface area contributed by atoms with E-state index in [2.05, 4.69) is 5.32 Å². The Hall–Kier alpha value is -2.11. The van der Waals surface area contributed by atoms with Crippen LogP contribution >= 0.6 is 0 Å².